The van der Waals surface area contributed by atoms with E-state index in [1.54, 1.807) is 17.5 Å². The molecule has 3 rings (SSSR count). The van der Waals surface area contributed by atoms with E-state index in [1.807, 2.05) is 22.3 Å². The smallest absolute Gasteiger partial charge is 0.112 e. The van der Waals surface area contributed by atoms with Crippen LogP contribution in [0.25, 0.3) is 15.9 Å². The second kappa shape index (κ2) is 3.85. The van der Waals surface area contributed by atoms with Crippen LogP contribution in [0, 0.1) is 0 Å². The zero-order valence-corrected chi connectivity index (χ0v) is 10.2. The molecular weight excluding hydrogens is 232 g/mol. The number of aryl methyl sites for hydroxylation is 1. The van der Waals surface area contributed by atoms with Crippen LogP contribution in [0.5, 0.6) is 0 Å². The van der Waals surface area contributed by atoms with E-state index in [-0.39, 0.29) is 0 Å². The first-order valence-corrected chi connectivity index (χ1v) is 6.33. The summed E-state index contributed by atoms with van der Waals surface area (Å²) in [5.41, 5.74) is 10.5. The molecule has 2 aromatic heterocycles. The van der Waals surface area contributed by atoms with Gasteiger partial charge in [0.25, 0.3) is 0 Å². The molecule has 2 N–H and O–H groups in total. The molecule has 2 heterocycles. The number of fused-ring (bicyclic) bond motifs is 1. The van der Waals surface area contributed by atoms with Crippen molar-refractivity contribution in [1.29, 1.82) is 0 Å². The minimum atomic E-state index is 0.719. The number of nitrogen functional groups attached to an aromatic ring is 1. The Morgan fingerprint density at radius 1 is 1.35 bits per heavy atom. The number of nitrogens with two attached hydrogens (primary N) is 1. The molecule has 0 spiro atoms. The largest absolute Gasteiger partial charge is 0.395 e. The van der Waals surface area contributed by atoms with Crippen molar-refractivity contribution in [3.05, 3.63) is 35.9 Å². The molecule has 0 fully saturated rings. The summed E-state index contributed by atoms with van der Waals surface area (Å²) in [7, 11) is 0. The quantitative estimate of drug-likeness (QED) is 0.705. The Balaban J connectivity index is 2.27. The summed E-state index contributed by atoms with van der Waals surface area (Å²) in [5.74, 6) is 1.01. The number of hydrogen-bond donors (Lipinski definition) is 1. The number of anilines is 1. The minimum Gasteiger partial charge on any atom is -0.395 e. The topological polar surface area (TPSA) is 56.7 Å². The molecule has 0 aliphatic rings. The highest BCUT2D eigenvalue weighted by atomic mass is 32.1. The predicted molar refractivity (Wildman–Crippen MR) is 70.5 cm³/mol. The Kier molecular flexibility index (Phi) is 2.33. The van der Waals surface area contributed by atoms with E-state index >= 15 is 0 Å². The molecule has 3 aromatic rings. The zero-order valence-electron chi connectivity index (χ0n) is 9.42. The van der Waals surface area contributed by atoms with Crippen LogP contribution in [0.2, 0.25) is 0 Å². The molecule has 86 valence electrons. The SMILES string of the molecule is CCc1nccn1-c1ccc2scnc2c1N. The maximum absolute atomic E-state index is 6.17. The van der Waals surface area contributed by atoms with Crippen molar-refractivity contribution in [2.24, 2.45) is 0 Å². The van der Waals surface area contributed by atoms with Crippen LogP contribution in [0.1, 0.15) is 12.7 Å². The molecule has 0 aliphatic heterocycles. The lowest BCUT2D eigenvalue weighted by molar-refractivity contribution is 0.893. The molecule has 1 aromatic carbocycles. The van der Waals surface area contributed by atoms with Crippen molar-refractivity contribution in [2.75, 3.05) is 5.73 Å². The summed E-state index contributed by atoms with van der Waals surface area (Å²) >= 11 is 1.60. The van der Waals surface area contributed by atoms with Gasteiger partial charge in [0.1, 0.15) is 11.3 Å². The van der Waals surface area contributed by atoms with Gasteiger partial charge in [-0.2, -0.15) is 0 Å². The molecule has 17 heavy (non-hydrogen) atoms. The second-order valence-corrected chi connectivity index (χ2v) is 4.65. The lowest BCUT2D eigenvalue weighted by Gasteiger charge is -2.09. The summed E-state index contributed by atoms with van der Waals surface area (Å²) in [4.78, 5) is 8.61. The fourth-order valence-corrected chi connectivity index (χ4v) is 2.66. The number of rotatable bonds is 2. The highest BCUT2D eigenvalue weighted by Crippen LogP contribution is 2.29. The first-order valence-electron chi connectivity index (χ1n) is 5.45. The lowest BCUT2D eigenvalue weighted by atomic mass is 10.2. The molecule has 0 saturated carbocycles. The van der Waals surface area contributed by atoms with Crippen molar-refractivity contribution < 1.29 is 0 Å². The average molecular weight is 244 g/mol. The first-order chi connectivity index (χ1) is 8.31. The second-order valence-electron chi connectivity index (χ2n) is 3.76. The Morgan fingerprint density at radius 2 is 2.24 bits per heavy atom. The van der Waals surface area contributed by atoms with Crippen LogP contribution in [-0.2, 0) is 6.42 Å². The fourth-order valence-electron chi connectivity index (χ4n) is 1.97. The van der Waals surface area contributed by atoms with Gasteiger partial charge < -0.3 is 10.3 Å². The number of hydrogen-bond acceptors (Lipinski definition) is 4. The third kappa shape index (κ3) is 1.51. The molecule has 0 unspecified atom stereocenters. The van der Waals surface area contributed by atoms with Gasteiger partial charge >= 0.3 is 0 Å². The number of nitrogens with zero attached hydrogens (tertiary/aromatic N) is 3. The van der Waals surface area contributed by atoms with E-state index in [0.717, 1.165) is 33.8 Å². The van der Waals surface area contributed by atoms with Gasteiger partial charge in [0.15, 0.2) is 0 Å². The van der Waals surface area contributed by atoms with E-state index in [1.165, 1.54) is 0 Å². The summed E-state index contributed by atoms with van der Waals surface area (Å²) < 4.78 is 3.14. The first kappa shape index (κ1) is 10.3. The van der Waals surface area contributed by atoms with Crippen LogP contribution >= 0.6 is 11.3 Å². The van der Waals surface area contributed by atoms with Crippen molar-refractivity contribution in [1.82, 2.24) is 14.5 Å². The van der Waals surface area contributed by atoms with Crippen molar-refractivity contribution in [3.63, 3.8) is 0 Å². The number of aromatic nitrogens is 3. The summed E-state index contributed by atoms with van der Waals surface area (Å²) in [6.45, 7) is 2.08. The Morgan fingerprint density at radius 3 is 3.06 bits per heavy atom. The summed E-state index contributed by atoms with van der Waals surface area (Å²) in [5, 5.41) is 0. The van der Waals surface area contributed by atoms with Crippen LogP contribution in [0.3, 0.4) is 0 Å². The molecule has 0 bridgehead atoms. The van der Waals surface area contributed by atoms with Gasteiger partial charge in [0.05, 0.1) is 21.6 Å². The number of thiazole rings is 1. The Bertz CT molecular complexity index is 668. The number of imidazole rings is 1. The molecule has 0 saturated heterocycles. The van der Waals surface area contributed by atoms with Gasteiger partial charge in [-0.1, -0.05) is 6.92 Å². The molecule has 0 amide bonds. The predicted octanol–water partition coefficient (Wildman–Crippen LogP) is 2.63. The van der Waals surface area contributed by atoms with Gasteiger partial charge in [-0.25, -0.2) is 9.97 Å². The molecule has 5 heteroatoms. The van der Waals surface area contributed by atoms with Crippen molar-refractivity contribution in [3.8, 4) is 5.69 Å². The zero-order chi connectivity index (χ0) is 11.8. The van der Waals surface area contributed by atoms with Crippen LogP contribution in [0.4, 0.5) is 5.69 Å². The normalized spacial score (nSPS) is 11.1. The fraction of sp³-hybridized carbons (Fsp3) is 0.167. The summed E-state index contributed by atoms with van der Waals surface area (Å²) in [6, 6.07) is 4.08. The molecule has 0 atom stereocenters. The van der Waals surface area contributed by atoms with E-state index in [4.69, 9.17) is 5.73 Å². The molecule has 0 aliphatic carbocycles. The molecule has 0 radical (unpaired) electrons. The van der Waals surface area contributed by atoms with E-state index in [9.17, 15) is 0 Å². The maximum Gasteiger partial charge on any atom is 0.112 e. The number of benzene rings is 1. The van der Waals surface area contributed by atoms with E-state index < -0.39 is 0 Å². The van der Waals surface area contributed by atoms with Crippen LogP contribution in [0.15, 0.2) is 30.0 Å². The standard InChI is InChI=1S/C12H12N4S/c1-2-10-14-5-6-16(10)8-3-4-9-12(11(8)13)15-7-17-9/h3-7H,2,13H2,1H3. The monoisotopic (exact) mass is 244 g/mol. The van der Waals surface area contributed by atoms with Gasteiger partial charge in [-0.15, -0.1) is 11.3 Å². The Hall–Kier alpha value is -1.88. The minimum absolute atomic E-state index is 0.719. The van der Waals surface area contributed by atoms with E-state index in [0.29, 0.717) is 0 Å². The molecule has 4 nitrogen and oxygen atoms in total. The van der Waals surface area contributed by atoms with E-state index in [2.05, 4.69) is 23.0 Å². The summed E-state index contributed by atoms with van der Waals surface area (Å²) in [6.07, 6.45) is 4.60. The van der Waals surface area contributed by atoms with Crippen molar-refractivity contribution in [2.45, 2.75) is 13.3 Å². The maximum atomic E-state index is 6.17. The van der Waals surface area contributed by atoms with Gasteiger partial charge in [-0.05, 0) is 12.1 Å². The van der Waals surface area contributed by atoms with Crippen molar-refractivity contribution >= 4 is 27.2 Å². The Labute approximate surface area is 103 Å². The average Bonchev–Trinajstić information content (AvgIpc) is 2.97. The third-order valence-corrected chi connectivity index (χ3v) is 3.61. The highest BCUT2D eigenvalue weighted by molar-refractivity contribution is 7.16. The van der Waals surface area contributed by atoms with Crippen LogP contribution < -0.4 is 5.73 Å². The van der Waals surface area contributed by atoms with Gasteiger partial charge in [0, 0.05) is 18.8 Å². The lowest BCUT2D eigenvalue weighted by Crippen LogP contribution is -2.03. The van der Waals surface area contributed by atoms with Gasteiger partial charge in [-0.3, -0.25) is 0 Å². The van der Waals surface area contributed by atoms with Crippen LogP contribution in [-0.4, -0.2) is 14.5 Å². The molecular formula is C12H12N4S. The van der Waals surface area contributed by atoms with Gasteiger partial charge in [0.2, 0.25) is 0 Å². The highest BCUT2D eigenvalue weighted by Gasteiger charge is 2.10. The third-order valence-electron chi connectivity index (χ3n) is 2.81.